The number of hydrogen-bond acceptors (Lipinski definition) is 7. The van der Waals surface area contributed by atoms with Crippen molar-refractivity contribution in [3.8, 4) is 0 Å². The first-order chi connectivity index (χ1) is 14.5. The molecule has 0 radical (unpaired) electrons. The summed E-state index contributed by atoms with van der Waals surface area (Å²) in [6.07, 6.45) is 4.22. The lowest BCUT2D eigenvalue weighted by molar-refractivity contribution is -0.149. The number of nitrogens with one attached hydrogen (secondary N) is 1. The number of carboxylic acid groups (broad SMARTS) is 2. The molecule has 13 heteroatoms. The predicted molar refractivity (Wildman–Crippen MR) is 105 cm³/mol. The molecular formula is C18H27N5O8. The highest BCUT2D eigenvalue weighted by Gasteiger charge is 2.34. The lowest BCUT2D eigenvalue weighted by Gasteiger charge is -2.22. The smallest absolute Gasteiger partial charge is 0.326 e. The molecule has 0 aromatic rings. The standard InChI is InChI=1S/C12H14N2O5.C6H13N3O3/c15-9-3-4-10(16)14(9)7-5-11(17)13-6-1-2-8(13)12(18)19;7-4(5(10)11)2-1-3-9-6(8)12/h3-4,8H,1-2,5-7H2,(H,18,19);4H,1-3,7H2,(H,10,11)(H3,8,9,12)/t8-;/m0./s1. The largest absolute Gasteiger partial charge is 0.480 e. The van der Waals surface area contributed by atoms with Gasteiger partial charge in [-0.05, 0) is 25.7 Å². The zero-order valence-electron chi connectivity index (χ0n) is 16.9. The van der Waals surface area contributed by atoms with Crippen molar-refractivity contribution in [2.75, 3.05) is 19.6 Å². The number of nitrogens with zero attached hydrogens (tertiary/aromatic N) is 2. The number of carbonyl (C=O) groups is 6. The fourth-order valence-corrected chi connectivity index (χ4v) is 2.98. The van der Waals surface area contributed by atoms with Crippen molar-refractivity contribution in [2.24, 2.45) is 11.5 Å². The summed E-state index contributed by atoms with van der Waals surface area (Å²) >= 11 is 0. The van der Waals surface area contributed by atoms with Crippen LogP contribution >= 0.6 is 0 Å². The van der Waals surface area contributed by atoms with Crippen LogP contribution in [0.3, 0.4) is 0 Å². The van der Waals surface area contributed by atoms with Gasteiger partial charge in [0.15, 0.2) is 0 Å². The molecule has 2 aliphatic rings. The van der Waals surface area contributed by atoms with Crippen LogP contribution in [0.1, 0.15) is 32.1 Å². The second-order valence-electron chi connectivity index (χ2n) is 6.87. The Kier molecular flexibility index (Phi) is 10.1. The Balaban J connectivity index is 0.000000348. The summed E-state index contributed by atoms with van der Waals surface area (Å²) < 4.78 is 0. The Morgan fingerprint density at radius 2 is 1.77 bits per heavy atom. The summed E-state index contributed by atoms with van der Waals surface area (Å²) in [6.45, 7) is 0.762. The molecule has 31 heavy (non-hydrogen) atoms. The van der Waals surface area contributed by atoms with Crippen LogP contribution in [0.5, 0.6) is 0 Å². The third-order valence-corrected chi connectivity index (χ3v) is 4.62. The molecule has 2 aliphatic heterocycles. The lowest BCUT2D eigenvalue weighted by Crippen LogP contribution is -2.42. The molecule has 172 valence electrons. The fourth-order valence-electron chi connectivity index (χ4n) is 2.98. The highest BCUT2D eigenvalue weighted by molar-refractivity contribution is 6.13. The van der Waals surface area contributed by atoms with Crippen molar-refractivity contribution in [2.45, 2.75) is 44.2 Å². The van der Waals surface area contributed by atoms with Gasteiger partial charge in [-0.3, -0.25) is 24.1 Å². The van der Waals surface area contributed by atoms with Gasteiger partial charge in [0.25, 0.3) is 11.8 Å². The number of hydrogen-bond donors (Lipinski definition) is 5. The zero-order valence-corrected chi connectivity index (χ0v) is 16.9. The number of imide groups is 1. The Morgan fingerprint density at radius 3 is 2.29 bits per heavy atom. The highest BCUT2D eigenvalue weighted by Crippen LogP contribution is 2.18. The highest BCUT2D eigenvalue weighted by atomic mass is 16.4. The van der Waals surface area contributed by atoms with Gasteiger partial charge in [0, 0.05) is 38.2 Å². The van der Waals surface area contributed by atoms with Gasteiger partial charge in [0.05, 0.1) is 0 Å². The molecule has 0 bridgehead atoms. The molecule has 0 aromatic heterocycles. The summed E-state index contributed by atoms with van der Waals surface area (Å²) in [6, 6.07) is -2.26. The molecule has 0 saturated carbocycles. The monoisotopic (exact) mass is 441 g/mol. The van der Waals surface area contributed by atoms with Crippen LogP contribution in [-0.2, 0) is 24.0 Å². The minimum absolute atomic E-state index is 0.00760. The van der Waals surface area contributed by atoms with Gasteiger partial charge in [-0.2, -0.15) is 0 Å². The van der Waals surface area contributed by atoms with E-state index in [0.717, 1.165) is 17.1 Å². The van der Waals surface area contributed by atoms with E-state index < -0.39 is 41.9 Å². The van der Waals surface area contributed by atoms with Crippen LogP contribution in [0.15, 0.2) is 12.2 Å². The van der Waals surface area contributed by atoms with E-state index in [-0.39, 0.29) is 18.9 Å². The summed E-state index contributed by atoms with van der Waals surface area (Å²) in [5.74, 6) is -3.25. The second kappa shape index (κ2) is 12.3. The van der Waals surface area contributed by atoms with Gasteiger partial charge in [-0.1, -0.05) is 0 Å². The van der Waals surface area contributed by atoms with Crippen molar-refractivity contribution in [1.29, 1.82) is 0 Å². The molecule has 1 fully saturated rings. The summed E-state index contributed by atoms with van der Waals surface area (Å²) in [5, 5.41) is 19.7. The summed E-state index contributed by atoms with van der Waals surface area (Å²) in [7, 11) is 0. The third-order valence-electron chi connectivity index (χ3n) is 4.62. The number of urea groups is 1. The molecule has 0 aromatic carbocycles. The minimum Gasteiger partial charge on any atom is -0.480 e. The number of aliphatic carboxylic acids is 2. The lowest BCUT2D eigenvalue weighted by atomic mass is 10.2. The van der Waals surface area contributed by atoms with Gasteiger partial charge in [0.1, 0.15) is 12.1 Å². The molecule has 7 N–H and O–H groups in total. The van der Waals surface area contributed by atoms with Gasteiger partial charge in [-0.15, -0.1) is 0 Å². The van der Waals surface area contributed by atoms with E-state index >= 15 is 0 Å². The van der Waals surface area contributed by atoms with Crippen LogP contribution in [0.25, 0.3) is 0 Å². The van der Waals surface area contributed by atoms with E-state index in [4.69, 9.17) is 21.7 Å². The van der Waals surface area contributed by atoms with Crippen molar-refractivity contribution < 1.29 is 39.0 Å². The van der Waals surface area contributed by atoms with Crippen LogP contribution in [-0.4, -0.2) is 87.4 Å². The van der Waals surface area contributed by atoms with E-state index in [1.54, 1.807) is 0 Å². The Labute approximate surface area is 178 Å². The maximum atomic E-state index is 11.9. The minimum atomic E-state index is -1.03. The fraction of sp³-hybridized carbons (Fsp3) is 0.556. The van der Waals surface area contributed by atoms with E-state index in [1.165, 1.54) is 4.90 Å². The van der Waals surface area contributed by atoms with Gasteiger partial charge in [-0.25, -0.2) is 9.59 Å². The first-order valence-corrected chi connectivity index (χ1v) is 9.62. The van der Waals surface area contributed by atoms with Crippen molar-refractivity contribution >= 4 is 35.7 Å². The second-order valence-corrected chi connectivity index (χ2v) is 6.87. The number of likely N-dealkylation sites (tertiary alicyclic amines) is 1. The van der Waals surface area contributed by atoms with E-state index in [9.17, 15) is 28.8 Å². The summed E-state index contributed by atoms with van der Waals surface area (Å²) in [5.41, 5.74) is 9.96. The van der Waals surface area contributed by atoms with Gasteiger partial charge < -0.3 is 31.9 Å². The zero-order chi connectivity index (χ0) is 23.6. The Bertz CT molecular complexity index is 735. The molecule has 0 spiro atoms. The van der Waals surface area contributed by atoms with Gasteiger partial charge >= 0.3 is 18.0 Å². The third kappa shape index (κ3) is 8.42. The molecule has 1 saturated heterocycles. The quantitative estimate of drug-likeness (QED) is 0.202. The SMILES string of the molecule is NC(=O)NCCCC(N)C(=O)O.O=C(O)[C@@H]1CCCN1C(=O)CCN1C(=O)C=CC1=O. The molecular weight excluding hydrogens is 414 g/mol. The first kappa shape index (κ1) is 25.6. The van der Waals surface area contributed by atoms with Gasteiger partial charge in [0.2, 0.25) is 5.91 Å². The maximum absolute atomic E-state index is 11.9. The first-order valence-electron chi connectivity index (χ1n) is 9.62. The van der Waals surface area contributed by atoms with Crippen molar-refractivity contribution in [3.05, 3.63) is 12.2 Å². The molecule has 5 amide bonds. The Hall–Kier alpha value is -3.48. The van der Waals surface area contributed by atoms with Crippen molar-refractivity contribution in [1.82, 2.24) is 15.1 Å². The summed E-state index contributed by atoms with van der Waals surface area (Å²) in [4.78, 5) is 68.1. The average molecular weight is 441 g/mol. The number of rotatable bonds is 9. The van der Waals surface area contributed by atoms with E-state index in [2.05, 4.69) is 5.32 Å². The number of carbonyl (C=O) groups excluding carboxylic acids is 4. The topological polar surface area (TPSA) is 213 Å². The number of amides is 5. The van der Waals surface area contributed by atoms with Crippen molar-refractivity contribution in [3.63, 3.8) is 0 Å². The normalized spacial score (nSPS) is 18.4. The van der Waals surface area contributed by atoms with E-state index in [1.807, 2.05) is 0 Å². The molecule has 2 rings (SSSR count). The Morgan fingerprint density at radius 1 is 1.16 bits per heavy atom. The molecule has 1 unspecified atom stereocenters. The van der Waals surface area contributed by atoms with Crippen LogP contribution in [0.4, 0.5) is 4.79 Å². The number of carboxylic acids is 2. The van der Waals surface area contributed by atoms with E-state index in [0.29, 0.717) is 38.8 Å². The predicted octanol–water partition coefficient (Wildman–Crippen LogP) is -1.78. The van der Waals surface area contributed by atoms with Crippen LogP contribution in [0, 0.1) is 0 Å². The van der Waals surface area contributed by atoms with Crippen LogP contribution in [0.2, 0.25) is 0 Å². The molecule has 0 aliphatic carbocycles. The average Bonchev–Trinajstić information content (AvgIpc) is 3.31. The number of primary amides is 1. The number of nitrogens with two attached hydrogens (primary N) is 2. The van der Waals surface area contributed by atoms with Crippen LogP contribution < -0.4 is 16.8 Å². The maximum Gasteiger partial charge on any atom is 0.326 e. The molecule has 13 nitrogen and oxygen atoms in total. The molecule has 2 heterocycles. The molecule has 2 atom stereocenters.